The smallest absolute Gasteiger partial charge is 0.339 e. The SMILES string of the molecule is O=C(CSc1nccc(C(F)(F)F)n1)N1CCN(S(=O)(=O)c2ccc(F)c(Cl)c2)CC1. The van der Waals surface area contributed by atoms with Crippen molar-refractivity contribution in [3.05, 3.63) is 47.0 Å². The van der Waals surface area contributed by atoms with Gasteiger partial charge in [0.2, 0.25) is 15.9 Å². The van der Waals surface area contributed by atoms with Crippen LogP contribution in [0.3, 0.4) is 0 Å². The Labute approximate surface area is 184 Å². The van der Waals surface area contributed by atoms with Gasteiger partial charge in [0.25, 0.3) is 0 Å². The van der Waals surface area contributed by atoms with E-state index in [0.29, 0.717) is 0 Å². The van der Waals surface area contributed by atoms with Crippen molar-refractivity contribution in [3.63, 3.8) is 0 Å². The highest BCUT2D eigenvalue weighted by atomic mass is 35.5. The summed E-state index contributed by atoms with van der Waals surface area (Å²) in [6.07, 6.45) is -3.65. The highest BCUT2D eigenvalue weighted by Crippen LogP contribution is 2.28. The molecule has 0 N–H and O–H groups in total. The summed E-state index contributed by atoms with van der Waals surface area (Å²) in [5, 5.41) is -0.499. The number of rotatable bonds is 5. The van der Waals surface area contributed by atoms with Crippen molar-refractivity contribution in [2.24, 2.45) is 0 Å². The molecule has 1 aliphatic rings. The second-order valence-electron chi connectivity index (χ2n) is 6.37. The number of halogens is 5. The van der Waals surface area contributed by atoms with Crippen molar-refractivity contribution in [3.8, 4) is 0 Å². The van der Waals surface area contributed by atoms with Gasteiger partial charge in [-0.2, -0.15) is 17.5 Å². The number of hydrogen-bond acceptors (Lipinski definition) is 6. The predicted octanol–water partition coefficient (Wildman–Crippen LogP) is 2.91. The maximum atomic E-state index is 13.3. The number of thioether (sulfide) groups is 1. The first-order valence-electron chi connectivity index (χ1n) is 8.74. The van der Waals surface area contributed by atoms with Crippen LogP contribution in [0.25, 0.3) is 0 Å². The molecule has 1 fully saturated rings. The van der Waals surface area contributed by atoms with Crippen molar-refractivity contribution in [1.29, 1.82) is 0 Å². The fourth-order valence-electron chi connectivity index (χ4n) is 2.75. The molecule has 3 rings (SSSR count). The van der Waals surface area contributed by atoms with E-state index >= 15 is 0 Å². The van der Waals surface area contributed by atoms with Gasteiger partial charge in [-0.3, -0.25) is 4.79 Å². The summed E-state index contributed by atoms with van der Waals surface area (Å²) in [4.78, 5) is 20.7. The third kappa shape index (κ3) is 5.64. The fourth-order valence-corrected chi connectivity index (χ4v) is 5.18. The molecule has 2 aromatic rings. The molecular formula is C17H15ClF4N4O3S2. The van der Waals surface area contributed by atoms with Crippen LogP contribution >= 0.6 is 23.4 Å². The highest BCUT2D eigenvalue weighted by Gasteiger charge is 2.33. The number of hydrogen-bond donors (Lipinski definition) is 0. The van der Waals surface area contributed by atoms with Crippen molar-refractivity contribution in [2.45, 2.75) is 16.2 Å². The number of benzene rings is 1. The Balaban J connectivity index is 1.57. The lowest BCUT2D eigenvalue weighted by Crippen LogP contribution is -2.51. The van der Waals surface area contributed by atoms with E-state index in [-0.39, 0.29) is 52.9 Å². The summed E-state index contributed by atoms with van der Waals surface area (Å²) in [5.74, 6) is -1.31. The molecule has 31 heavy (non-hydrogen) atoms. The standard InChI is InChI=1S/C17H15ClF4N4O3S2/c18-12-9-11(1-2-13(12)19)31(28,29)26-7-5-25(6-8-26)15(27)10-30-16-23-4-3-14(24-16)17(20,21)22/h1-4,9H,5-8,10H2. The first-order chi connectivity index (χ1) is 14.5. The Morgan fingerprint density at radius 2 is 1.84 bits per heavy atom. The predicted molar refractivity (Wildman–Crippen MR) is 105 cm³/mol. The van der Waals surface area contributed by atoms with Crippen LogP contribution in [0.2, 0.25) is 5.02 Å². The lowest BCUT2D eigenvalue weighted by molar-refractivity contribution is -0.141. The normalized spacial score (nSPS) is 15.8. The van der Waals surface area contributed by atoms with Gasteiger partial charge in [-0.25, -0.2) is 22.8 Å². The zero-order chi connectivity index (χ0) is 22.8. The van der Waals surface area contributed by atoms with Crippen molar-refractivity contribution >= 4 is 39.3 Å². The van der Waals surface area contributed by atoms with Crippen LogP contribution < -0.4 is 0 Å². The topological polar surface area (TPSA) is 83.5 Å². The van der Waals surface area contributed by atoms with Crippen LogP contribution in [0, 0.1) is 5.82 Å². The van der Waals surface area contributed by atoms with Gasteiger partial charge in [-0.15, -0.1) is 0 Å². The molecule has 1 aliphatic heterocycles. The molecule has 7 nitrogen and oxygen atoms in total. The van der Waals surface area contributed by atoms with E-state index in [0.717, 1.165) is 46.5 Å². The molecule has 0 bridgehead atoms. The number of piperazine rings is 1. The third-order valence-electron chi connectivity index (χ3n) is 4.37. The number of carbonyl (C=O) groups is 1. The maximum absolute atomic E-state index is 13.3. The van der Waals surface area contributed by atoms with Gasteiger partial charge in [-0.05, 0) is 24.3 Å². The minimum atomic E-state index is -4.61. The Kier molecular flexibility index (Phi) is 7.08. The average Bonchev–Trinajstić information content (AvgIpc) is 2.73. The quantitative estimate of drug-likeness (QED) is 0.358. The first-order valence-corrected chi connectivity index (χ1v) is 11.5. The van der Waals surface area contributed by atoms with E-state index in [4.69, 9.17) is 11.6 Å². The number of aromatic nitrogens is 2. The molecule has 2 heterocycles. The van der Waals surface area contributed by atoms with Gasteiger partial charge in [0.1, 0.15) is 11.5 Å². The van der Waals surface area contributed by atoms with Crippen molar-refractivity contribution < 1.29 is 30.8 Å². The summed E-state index contributed by atoms with van der Waals surface area (Å²) < 4.78 is 77.9. The molecule has 0 radical (unpaired) electrons. The summed E-state index contributed by atoms with van der Waals surface area (Å²) in [7, 11) is -3.91. The van der Waals surface area contributed by atoms with Crippen LogP contribution in [0.15, 0.2) is 40.5 Å². The average molecular weight is 499 g/mol. The number of nitrogens with zero attached hydrogens (tertiary/aromatic N) is 4. The second kappa shape index (κ2) is 9.27. The highest BCUT2D eigenvalue weighted by molar-refractivity contribution is 7.99. The Bertz CT molecular complexity index is 1080. The third-order valence-corrected chi connectivity index (χ3v) is 7.40. The minimum absolute atomic E-state index is 0.00773. The summed E-state index contributed by atoms with van der Waals surface area (Å²) in [5.41, 5.74) is -1.10. The van der Waals surface area contributed by atoms with Crippen LogP contribution in [0.5, 0.6) is 0 Å². The van der Waals surface area contributed by atoms with Crippen LogP contribution in [0.4, 0.5) is 17.6 Å². The fraction of sp³-hybridized carbons (Fsp3) is 0.353. The van der Waals surface area contributed by atoms with Crippen molar-refractivity contribution in [1.82, 2.24) is 19.2 Å². The van der Waals surface area contributed by atoms with E-state index in [2.05, 4.69) is 9.97 Å². The molecule has 0 atom stereocenters. The van der Waals surface area contributed by atoms with Gasteiger partial charge >= 0.3 is 6.18 Å². The van der Waals surface area contributed by atoms with Gasteiger partial charge in [-0.1, -0.05) is 23.4 Å². The second-order valence-corrected chi connectivity index (χ2v) is 9.66. The van der Waals surface area contributed by atoms with Crippen LogP contribution in [-0.4, -0.2) is 65.4 Å². The minimum Gasteiger partial charge on any atom is -0.339 e. The largest absolute Gasteiger partial charge is 0.433 e. The number of amides is 1. The van der Waals surface area contributed by atoms with E-state index in [1.807, 2.05) is 0 Å². The zero-order valence-electron chi connectivity index (χ0n) is 15.6. The molecule has 0 spiro atoms. The molecular weight excluding hydrogens is 484 g/mol. The Hall–Kier alpha value is -1.96. The molecule has 1 saturated heterocycles. The van der Waals surface area contributed by atoms with Gasteiger partial charge in [0.05, 0.1) is 15.7 Å². The van der Waals surface area contributed by atoms with E-state index in [1.54, 1.807) is 0 Å². The van der Waals surface area contributed by atoms with Gasteiger partial charge in [0, 0.05) is 32.4 Å². The monoisotopic (exact) mass is 498 g/mol. The lowest BCUT2D eigenvalue weighted by Gasteiger charge is -2.34. The zero-order valence-corrected chi connectivity index (χ0v) is 18.0. The van der Waals surface area contributed by atoms with E-state index < -0.39 is 27.7 Å². The molecule has 0 aliphatic carbocycles. The Morgan fingerprint density at radius 1 is 1.16 bits per heavy atom. The number of sulfonamides is 1. The lowest BCUT2D eigenvalue weighted by atomic mass is 10.3. The first kappa shape index (κ1) is 23.7. The van der Waals surface area contributed by atoms with Crippen LogP contribution in [-0.2, 0) is 21.0 Å². The Morgan fingerprint density at radius 3 is 2.45 bits per heavy atom. The molecule has 14 heteroatoms. The van der Waals surface area contributed by atoms with Gasteiger partial charge < -0.3 is 4.90 Å². The maximum Gasteiger partial charge on any atom is 0.433 e. The van der Waals surface area contributed by atoms with Crippen molar-refractivity contribution in [2.75, 3.05) is 31.9 Å². The molecule has 1 aromatic heterocycles. The summed E-state index contributed by atoms with van der Waals surface area (Å²) in [6, 6.07) is 3.83. The number of alkyl halides is 3. The van der Waals surface area contributed by atoms with Crippen LogP contribution in [0.1, 0.15) is 5.69 Å². The molecule has 168 valence electrons. The molecule has 1 amide bonds. The summed E-state index contributed by atoms with van der Waals surface area (Å²) >= 11 is 6.42. The number of carbonyl (C=O) groups excluding carboxylic acids is 1. The van der Waals surface area contributed by atoms with E-state index in [9.17, 15) is 30.8 Å². The molecule has 0 unspecified atom stereocenters. The molecule has 0 saturated carbocycles. The van der Waals surface area contributed by atoms with E-state index in [1.165, 1.54) is 4.90 Å². The molecule has 1 aromatic carbocycles. The summed E-state index contributed by atoms with van der Waals surface area (Å²) in [6.45, 7) is 0.204. The van der Waals surface area contributed by atoms with Gasteiger partial charge in [0.15, 0.2) is 5.16 Å².